The number of nitrogens with one attached hydrogen (secondary N) is 1. The van der Waals surface area contributed by atoms with Crippen molar-refractivity contribution in [2.24, 2.45) is 5.92 Å². The number of piperidine rings is 1. The second-order valence-electron chi connectivity index (χ2n) is 4.18. The quantitative estimate of drug-likeness (QED) is 0.874. The third kappa shape index (κ3) is 4.22. The van der Waals surface area contributed by atoms with Gasteiger partial charge < -0.3 is 5.32 Å². The number of nitrogens with zero attached hydrogens (tertiary/aromatic N) is 1. The molecule has 1 aromatic rings. The summed E-state index contributed by atoms with van der Waals surface area (Å²) in [6.45, 7) is 2.25. The fraction of sp³-hybridized carbons (Fsp3) is 0.357. The minimum absolute atomic E-state index is 0. The molecular formula is C14H17ClN2. The van der Waals surface area contributed by atoms with Gasteiger partial charge in [-0.2, -0.15) is 5.26 Å². The number of nitriles is 1. The van der Waals surface area contributed by atoms with Gasteiger partial charge in [-0.05, 0) is 49.5 Å². The van der Waals surface area contributed by atoms with E-state index in [9.17, 15) is 0 Å². The van der Waals surface area contributed by atoms with Gasteiger partial charge >= 0.3 is 0 Å². The van der Waals surface area contributed by atoms with Crippen molar-refractivity contribution in [3.63, 3.8) is 0 Å². The Kier molecular flexibility index (Phi) is 5.76. The van der Waals surface area contributed by atoms with E-state index in [0.29, 0.717) is 5.92 Å². The number of benzene rings is 1. The Morgan fingerprint density at radius 2 is 1.82 bits per heavy atom. The third-order valence-corrected chi connectivity index (χ3v) is 2.98. The Hall–Kier alpha value is -1.30. The first-order chi connectivity index (χ1) is 7.88. The van der Waals surface area contributed by atoms with Crippen LogP contribution in [0.4, 0.5) is 0 Å². The molecule has 1 saturated heterocycles. The van der Waals surface area contributed by atoms with Gasteiger partial charge in [-0.15, -0.1) is 12.4 Å². The number of hydrogen-bond donors (Lipinski definition) is 1. The molecule has 90 valence electrons. The molecule has 2 rings (SSSR count). The van der Waals surface area contributed by atoms with Gasteiger partial charge in [-0.25, -0.2) is 0 Å². The van der Waals surface area contributed by atoms with Crippen LogP contribution in [0.25, 0.3) is 6.08 Å². The lowest BCUT2D eigenvalue weighted by Gasteiger charge is -2.19. The molecule has 1 aliphatic rings. The van der Waals surface area contributed by atoms with Crippen molar-refractivity contribution >= 4 is 18.5 Å². The Bertz CT molecular complexity index is 397. The molecule has 1 heterocycles. The summed E-state index contributed by atoms with van der Waals surface area (Å²) in [6, 6.07) is 9.85. The molecule has 0 amide bonds. The fourth-order valence-corrected chi connectivity index (χ4v) is 1.95. The van der Waals surface area contributed by atoms with Crippen LogP contribution >= 0.6 is 12.4 Å². The largest absolute Gasteiger partial charge is 0.317 e. The van der Waals surface area contributed by atoms with Crippen molar-refractivity contribution in [3.05, 3.63) is 41.5 Å². The van der Waals surface area contributed by atoms with Crippen LogP contribution < -0.4 is 5.32 Å². The summed E-state index contributed by atoms with van der Waals surface area (Å²) >= 11 is 0. The maximum Gasteiger partial charge on any atom is 0.0991 e. The maximum absolute atomic E-state index is 8.69. The highest BCUT2D eigenvalue weighted by atomic mass is 35.5. The van der Waals surface area contributed by atoms with E-state index in [0.717, 1.165) is 18.7 Å². The molecule has 0 unspecified atom stereocenters. The number of halogens is 1. The molecule has 0 saturated carbocycles. The lowest BCUT2D eigenvalue weighted by molar-refractivity contribution is 0.438. The lowest BCUT2D eigenvalue weighted by Crippen LogP contribution is -2.26. The SMILES string of the molecule is Cl.N#Cc1ccc(/C=C/C2CCNCC2)cc1. The Morgan fingerprint density at radius 3 is 2.41 bits per heavy atom. The summed E-state index contributed by atoms with van der Waals surface area (Å²) in [5, 5.41) is 12.0. The van der Waals surface area contributed by atoms with Crippen LogP contribution in [-0.2, 0) is 0 Å². The summed E-state index contributed by atoms with van der Waals surface area (Å²) in [5.41, 5.74) is 1.90. The van der Waals surface area contributed by atoms with Gasteiger partial charge in [0.2, 0.25) is 0 Å². The summed E-state index contributed by atoms with van der Waals surface area (Å²) in [6.07, 6.45) is 6.92. The monoisotopic (exact) mass is 248 g/mol. The molecule has 0 aromatic heterocycles. The minimum Gasteiger partial charge on any atom is -0.317 e. The molecule has 0 bridgehead atoms. The van der Waals surface area contributed by atoms with Crippen molar-refractivity contribution in [3.8, 4) is 6.07 Å². The van der Waals surface area contributed by atoms with Crippen molar-refractivity contribution in [2.45, 2.75) is 12.8 Å². The highest BCUT2D eigenvalue weighted by Crippen LogP contribution is 2.15. The molecule has 1 aliphatic heterocycles. The van der Waals surface area contributed by atoms with E-state index in [1.807, 2.05) is 24.3 Å². The summed E-state index contributed by atoms with van der Waals surface area (Å²) < 4.78 is 0. The Morgan fingerprint density at radius 1 is 1.18 bits per heavy atom. The molecule has 0 atom stereocenters. The molecule has 17 heavy (non-hydrogen) atoms. The second-order valence-corrected chi connectivity index (χ2v) is 4.18. The zero-order valence-corrected chi connectivity index (χ0v) is 10.5. The van der Waals surface area contributed by atoms with Crippen molar-refractivity contribution in [1.29, 1.82) is 5.26 Å². The van der Waals surface area contributed by atoms with E-state index in [1.54, 1.807) is 0 Å². The van der Waals surface area contributed by atoms with Gasteiger partial charge in [0, 0.05) is 0 Å². The van der Waals surface area contributed by atoms with Gasteiger partial charge in [-0.1, -0.05) is 24.3 Å². The van der Waals surface area contributed by atoms with Crippen LogP contribution in [0, 0.1) is 17.2 Å². The van der Waals surface area contributed by atoms with Crippen LogP contribution in [0.5, 0.6) is 0 Å². The van der Waals surface area contributed by atoms with E-state index < -0.39 is 0 Å². The zero-order chi connectivity index (χ0) is 11.2. The predicted molar refractivity (Wildman–Crippen MR) is 73.0 cm³/mol. The van der Waals surface area contributed by atoms with E-state index in [1.165, 1.54) is 18.4 Å². The van der Waals surface area contributed by atoms with E-state index in [4.69, 9.17) is 5.26 Å². The third-order valence-electron chi connectivity index (χ3n) is 2.98. The van der Waals surface area contributed by atoms with Crippen molar-refractivity contribution < 1.29 is 0 Å². The van der Waals surface area contributed by atoms with Gasteiger partial charge in [-0.3, -0.25) is 0 Å². The first kappa shape index (κ1) is 13.8. The molecule has 2 nitrogen and oxygen atoms in total. The molecule has 0 radical (unpaired) electrons. The summed E-state index contributed by atoms with van der Waals surface area (Å²) in [5.74, 6) is 0.705. The van der Waals surface area contributed by atoms with E-state index in [2.05, 4.69) is 23.5 Å². The average molecular weight is 249 g/mol. The van der Waals surface area contributed by atoms with Crippen molar-refractivity contribution in [1.82, 2.24) is 5.32 Å². The minimum atomic E-state index is 0. The molecule has 1 aromatic carbocycles. The highest BCUT2D eigenvalue weighted by molar-refractivity contribution is 5.85. The Labute approximate surface area is 109 Å². The molecule has 3 heteroatoms. The number of rotatable bonds is 2. The van der Waals surface area contributed by atoms with E-state index >= 15 is 0 Å². The van der Waals surface area contributed by atoms with Gasteiger partial charge in [0.05, 0.1) is 11.6 Å². The molecule has 0 aliphatic carbocycles. The zero-order valence-electron chi connectivity index (χ0n) is 9.73. The fourth-order valence-electron chi connectivity index (χ4n) is 1.95. The average Bonchev–Trinajstić information content (AvgIpc) is 2.38. The smallest absolute Gasteiger partial charge is 0.0991 e. The molecule has 1 N–H and O–H groups in total. The number of allylic oxidation sites excluding steroid dienone is 1. The topological polar surface area (TPSA) is 35.8 Å². The van der Waals surface area contributed by atoms with Crippen LogP contribution in [0.1, 0.15) is 24.0 Å². The normalized spacial score (nSPS) is 16.4. The number of hydrogen-bond acceptors (Lipinski definition) is 2. The van der Waals surface area contributed by atoms with Gasteiger partial charge in [0.1, 0.15) is 0 Å². The van der Waals surface area contributed by atoms with Gasteiger partial charge in [0.15, 0.2) is 0 Å². The van der Waals surface area contributed by atoms with Crippen LogP contribution in [-0.4, -0.2) is 13.1 Å². The standard InChI is InChI=1S/C14H16N2.ClH/c15-11-14-5-3-12(4-6-14)1-2-13-7-9-16-10-8-13;/h1-6,13,16H,7-10H2;1H/b2-1+;. The molecule has 1 fully saturated rings. The summed E-state index contributed by atoms with van der Waals surface area (Å²) in [7, 11) is 0. The van der Waals surface area contributed by atoms with Crippen molar-refractivity contribution in [2.75, 3.05) is 13.1 Å². The lowest BCUT2D eigenvalue weighted by atomic mass is 9.97. The predicted octanol–water partition coefficient (Wildman–Crippen LogP) is 2.99. The van der Waals surface area contributed by atoms with Gasteiger partial charge in [0.25, 0.3) is 0 Å². The molecule has 0 spiro atoms. The molecular weight excluding hydrogens is 232 g/mol. The highest BCUT2D eigenvalue weighted by Gasteiger charge is 2.08. The Balaban J connectivity index is 0.00000144. The maximum atomic E-state index is 8.69. The first-order valence-electron chi connectivity index (χ1n) is 5.77. The first-order valence-corrected chi connectivity index (χ1v) is 5.77. The summed E-state index contributed by atoms with van der Waals surface area (Å²) in [4.78, 5) is 0. The van der Waals surface area contributed by atoms with E-state index in [-0.39, 0.29) is 12.4 Å². The van der Waals surface area contributed by atoms with Crippen LogP contribution in [0.2, 0.25) is 0 Å². The second kappa shape index (κ2) is 7.11. The van der Waals surface area contributed by atoms with Crippen LogP contribution in [0.15, 0.2) is 30.3 Å². The van der Waals surface area contributed by atoms with Crippen LogP contribution in [0.3, 0.4) is 0 Å².